The van der Waals surface area contributed by atoms with Crippen LogP contribution >= 0.6 is 0 Å². The maximum absolute atomic E-state index is 10.5. The molecule has 310 valence electrons. The summed E-state index contributed by atoms with van der Waals surface area (Å²) in [5.74, 6) is -0.418. The third kappa shape index (κ3) is 8.10. The van der Waals surface area contributed by atoms with Crippen molar-refractivity contribution in [2.45, 2.75) is 117 Å². The van der Waals surface area contributed by atoms with E-state index in [1.165, 1.54) is 11.1 Å². The van der Waals surface area contributed by atoms with Gasteiger partial charge in [0.05, 0.1) is 29.1 Å². The predicted molar refractivity (Wildman–Crippen MR) is 250 cm³/mol. The molecule has 62 heavy (non-hydrogen) atoms. The number of nitriles is 4. The zero-order valence-corrected chi connectivity index (χ0v) is 37.9. The zero-order chi connectivity index (χ0) is 45.1. The number of nitrogens with one attached hydrogen (secondary N) is 2. The van der Waals surface area contributed by atoms with E-state index >= 15 is 0 Å². The molecule has 0 saturated heterocycles. The number of aromatic nitrogens is 2. The summed E-state index contributed by atoms with van der Waals surface area (Å²) < 4.78 is 0. The number of fused-ring (bicyclic) bond motifs is 6. The molecule has 2 N–H and O–H groups in total. The minimum absolute atomic E-state index is 0.0391. The molecule has 3 aliphatic rings. The molecule has 2 unspecified atom stereocenters. The SMILES string of the molecule is CC(C)(C)c1cc(/C2=C3\C=CC(=N3)C(=C(C#N)C#N)C3C=CC(=N3)C(c3cc(C(C)(C)C)cc(C(C)(C)C)c3)c3ccc([nH]3)C(=C(C#N)C#N)c3ccc2[nH]3)cc(C(C)(C)C)c1. The first-order valence-electron chi connectivity index (χ1n) is 21.1. The quantitative estimate of drug-likeness (QED) is 0.194. The van der Waals surface area contributed by atoms with Crippen LogP contribution in [0.25, 0.3) is 11.1 Å². The Labute approximate surface area is 366 Å². The second-order valence-corrected chi connectivity index (χ2v) is 20.6. The van der Waals surface area contributed by atoms with Crippen LogP contribution in [0, 0.1) is 45.3 Å². The smallest absolute Gasteiger partial charge is 0.141 e. The summed E-state index contributed by atoms with van der Waals surface area (Å²) >= 11 is 0. The van der Waals surface area contributed by atoms with Crippen molar-refractivity contribution in [3.05, 3.63) is 164 Å². The Morgan fingerprint density at radius 3 is 1.60 bits per heavy atom. The van der Waals surface area contributed by atoms with Crippen LogP contribution in [0.15, 0.2) is 117 Å². The van der Waals surface area contributed by atoms with Gasteiger partial charge in [-0.15, -0.1) is 0 Å². The number of hydrogen-bond donors (Lipinski definition) is 2. The van der Waals surface area contributed by atoms with Gasteiger partial charge in [-0.05, 0) is 97.5 Å². The van der Waals surface area contributed by atoms with Gasteiger partial charge in [-0.2, -0.15) is 21.0 Å². The normalized spacial score (nSPS) is 18.7. The number of nitrogens with zero attached hydrogens (tertiary/aromatic N) is 6. The molecule has 0 amide bonds. The lowest BCUT2D eigenvalue weighted by Gasteiger charge is -2.28. The highest BCUT2D eigenvalue weighted by atomic mass is 14.9. The summed E-state index contributed by atoms with van der Waals surface area (Å²) in [5, 5.41) is 41.8. The Morgan fingerprint density at radius 1 is 0.565 bits per heavy atom. The first-order valence-corrected chi connectivity index (χ1v) is 21.1. The van der Waals surface area contributed by atoms with Gasteiger partial charge >= 0.3 is 0 Å². The second-order valence-electron chi connectivity index (χ2n) is 20.6. The Hall–Kier alpha value is -7.00. The van der Waals surface area contributed by atoms with Crippen LogP contribution in [0.1, 0.15) is 145 Å². The first kappa shape index (κ1) is 43.1. The molecule has 0 saturated carbocycles. The van der Waals surface area contributed by atoms with Crippen LogP contribution < -0.4 is 0 Å². The van der Waals surface area contributed by atoms with Crippen LogP contribution in [-0.2, 0) is 21.7 Å². The van der Waals surface area contributed by atoms with E-state index in [1.54, 1.807) is 0 Å². The van der Waals surface area contributed by atoms with E-state index < -0.39 is 12.0 Å². The van der Waals surface area contributed by atoms with Gasteiger partial charge in [0.25, 0.3) is 0 Å². The molecule has 8 nitrogen and oxygen atoms in total. The third-order valence-electron chi connectivity index (χ3n) is 12.0. The molecule has 5 heterocycles. The van der Waals surface area contributed by atoms with E-state index in [0.717, 1.165) is 44.9 Å². The second kappa shape index (κ2) is 15.5. The number of allylic oxidation sites excluding steroid dienone is 5. The van der Waals surface area contributed by atoms with Crippen molar-refractivity contribution < 1.29 is 0 Å². The Kier molecular flexibility index (Phi) is 10.8. The molecular weight excluding hydrogens is 761 g/mol. The number of aromatic amines is 2. The van der Waals surface area contributed by atoms with Gasteiger partial charge in [0, 0.05) is 39.5 Å². The lowest BCUT2D eigenvalue weighted by Crippen LogP contribution is -2.20. The van der Waals surface area contributed by atoms with Crippen molar-refractivity contribution in [2.75, 3.05) is 0 Å². The lowest BCUT2D eigenvalue weighted by molar-refractivity contribution is 0.566. The highest BCUT2D eigenvalue weighted by molar-refractivity contribution is 6.15. The highest BCUT2D eigenvalue weighted by Crippen LogP contribution is 2.41. The van der Waals surface area contributed by atoms with E-state index in [9.17, 15) is 21.0 Å². The van der Waals surface area contributed by atoms with Crippen molar-refractivity contribution in [3.63, 3.8) is 0 Å². The molecule has 2 aromatic carbocycles. The third-order valence-corrected chi connectivity index (χ3v) is 12.0. The standard InChI is InChI=1S/C54H54N8/c1-51(2,3)35-21-31(22-36(25-35)52(4,5)6)47-39-13-17-43(59-39)49(33(27-55)28-56)45-19-15-41(61-45)48(32-23-37(53(7,8)9)26-38(24-32)54(10,11)12)42-16-20-46(62-42)50(34(29-57)30-58)44-18-14-40(47)60-44/h13-26,43,47,60,62H,1-12H3/b48-41-. The molecule has 2 atom stereocenters. The van der Waals surface area contributed by atoms with Gasteiger partial charge in [0.15, 0.2) is 0 Å². The fourth-order valence-corrected chi connectivity index (χ4v) is 8.23. The number of rotatable bonds is 2. The molecule has 0 spiro atoms. The van der Waals surface area contributed by atoms with Crippen molar-refractivity contribution in [1.82, 2.24) is 9.97 Å². The Balaban J connectivity index is 1.58. The van der Waals surface area contributed by atoms with Gasteiger partial charge in [-0.25, -0.2) is 4.99 Å². The maximum Gasteiger partial charge on any atom is 0.141 e. The van der Waals surface area contributed by atoms with E-state index in [-0.39, 0.29) is 32.8 Å². The van der Waals surface area contributed by atoms with Gasteiger partial charge in [0.1, 0.15) is 35.4 Å². The Morgan fingerprint density at radius 2 is 1.06 bits per heavy atom. The van der Waals surface area contributed by atoms with Crippen LogP contribution in [0.4, 0.5) is 0 Å². The number of benzene rings is 2. The van der Waals surface area contributed by atoms with Gasteiger partial charge in [-0.3, -0.25) is 4.99 Å². The summed E-state index contributed by atoms with van der Waals surface area (Å²) in [4.78, 5) is 17.9. The van der Waals surface area contributed by atoms with E-state index in [1.807, 2.05) is 48.6 Å². The monoisotopic (exact) mass is 814 g/mol. The summed E-state index contributed by atoms with van der Waals surface area (Å²) in [6, 6.07) is 29.2. The summed E-state index contributed by atoms with van der Waals surface area (Å²) in [6.45, 7) is 26.4. The van der Waals surface area contributed by atoms with E-state index in [2.05, 4.69) is 154 Å². The topological polar surface area (TPSA) is 151 Å². The number of aliphatic imine (C=N–C) groups is 2. The summed E-state index contributed by atoms with van der Waals surface area (Å²) in [5.41, 5.74) is 12.1. The predicted octanol–water partition coefficient (Wildman–Crippen LogP) is 12.0. The molecule has 7 rings (SSSR count). The molecule has 3 aliphatic heterocycles. The van der Waals surface area contributed by atoms with E-state index in [0.29, 0.717) is 33.9 Å². The molecular formula is C54H54N8. The molecule has 0 fully saturated rings. The van der Waals surface area contributed by atoms with Crippen molar-refractivity contribution in [3.8, 4) is 24.3 Å². The average Bonchev–Trinajstić information content (AvgIpc) is 4.04. The summed E-state index contributed by atoms with van der Waals surface area (Å²) in [6.07, 6.45) is 7.72. The summed E-state index contributed by atoms with van der Waals surface area (Å²) in [7, 11) is 0. The molecule has 4 aromatic rings. The largest absolute Gasteiger partial charge is 0.357 e. The molecule has 8 heteroatoms. The van der Waals surface area contributed by atoms with Gasteiger partial charge in [-0.1, -0.05) is 126 Å². The van der Waals surface area contributed by atoms with Crippen LogP contribution in [0.2, 0.25) is 0 Å². The van der Waals surface area contributed by atoms with Crippen LogP contribution in [0.5, 0.6) is 0 Å². The van der Waals surface area contributed by atoms with Crippen molar-refractivity contribution in [1.29, 1.82) is 21.0 Å². The van der Waals surface area contributed by atoms with Crippen LogP contribution in [-0.4, -0.2) is 27.4 Å². The fourth-order valence-electron chi connectivity index (χ4n) is 8.23. The number of hydrogen-bond acceptors (Lipinski definition) is 6. The molecule has 0 radical (unpaired) electrons. The first-order chi connectivity index (χ1) is 29.0. The maximum atomic E-state index is 10.5. The van der Waals surface area contributed by atoms with E-state index in [4.69, 9.17) is 9.98 Å². The Bertz CT molecular complexity index is 2830. The van der Waals surface area contributed by atoms with Gasteiger partial charge < -0.3 is 9.97 Å². The van der Waals surface area contributed by atoms with Crippen LogP contribution in [0.3, 0.4) is 0 Å². The molecule has 8 bridgehead atoms. The fraction of sp³-hybridized carbons (Fsp3) is 0.333. The lowest BCUT2D eigenvalue weighted by atomic mass is 9.77. The number of H-pyrrole nitrogens is 2. The highest BCUT2D eigenvalue weighted by Gasteiger charge is 2.33. The molecule has 0 aliphatic carbocycles. The van der Waals surface area contributed by atoms with Crippen molar-refractivity contribution >= 4 is 22.6 Å². The van der Waals surface area contributed by atoms with Gasteiger partial charge in [0.2, 0.25) is 0 Å². The minimum Gasteiger partial charge on any atom is -0.357 e. The average molecular weight is 815 g/mol. The van der Waals surface area contributed by atoms with Crippen molar-refractivity contribution in [2.24, 2.45) is 9.98 Å². The zero-order valence-electron chi connectivity index (χ0n) is 37.9. The molecule has 2 aromatic heterocycles. The minimum atomic E-state index is -0.670.